The van der Waals surface area contributed by atoms with E-state index < -0.39 is 0 Å². The van der Waals surface area contributed by atoms with Crippen molar-refractivity contribution in [2.24, 2.45) is 0 Å². The van der Waals surface area contributed by atoms with Crippen LogP contribution in [0.2, 0.25) is 0 Å². The average Bonchev–Trinajstić information content (AvgIpc) is 2.40. The van der Waals surface area contributed by atoms with E-state index in [9.17, 15) is 9.59 Å². The van der Waals surface area contributed by atoms with E-state index >= 15 is 0 Å². The fraction of sp³-hybridized carbons (Fsp3) is 0.800. The Morgan fingerprint density at radius 1 is 1.33 bits per heavy atom. The Balaban J connectivity index is 0.000000202. The van der Waals surface area contributed by atoms with Gasteiger partial charge in [0.1, 0.15) is 11.6 Å². The molecule has 0 unspecified atom stereocenters. The summed E-state index contributed by atoms with van der Waals surface area (Å²) in [6.45, 7) is 3.62. The minimum atomic E-state index is 0.289. The molecule has 12 heavy (non-hydrogen) atoms. The molecule has 0 saturated heterocycles. The van der Waals surface area contributed by atoms with Gasteiger partial charge in [-0.15, -0.1) is 0 Å². The van der Waals surface area contributed by atoms with Crippen molar-refractivity contribution in [3.05, 3.63) is 0 Å². The van der Waals surface area contributed by atoms with E-state index in [2.05, 4.69) is 0 Å². The summed E-state index contributed by atoms with van der Waals surface area (Å²) < 4.78 is 0. The van der Waals surface area contributed by atoms with Crippen molar-refractivity contribution in [1.29, 1.82) is 0 Å². The zero-order chi connectivity index (χ0) is 9.40. The molecule has 1 saturated carbocycles. The number of hydrogen-bond acceptors (Lipinski definition) is 2. The SMILES string of the molecule is CCCC(C)=O.O=C1CCCC1. The lowest BCUT2D eigenvalue weighted by Crippen LogP contribution is -1.84. The Hall–Kier alpha value is -0.660. The maximum Gasteiger partial charge on any atom is 0.132 e. The van der Waals surface area contributed by atoms with Gasteiger partial charge in [0.05, 0.1) is 0 Å². The van der Waals surface area contributed by atoms with Gasteiger partial charge in [-0.05, 0) is 26.2 Å². The van der Waals surface area contributed by atoms with E-state index in [0.717, 1.165) is 38.5 Å². The second kappa shape index (κ2) is 7.01. The zero-order valence-electron chi connectivity index (χ0n) is 8.06. The van der Waals surface area contributed by atoms with Crippen molar-refractivity contribution >= 4 is 11.6 Å². The minimum Gasteiger partial charge on any atom is -0.300 e. The van der Waals surface area contributed by atoms with Crippen molar-refractivity contribution < 1.29 is 9.59 Å². The van der Waals surface area contributed by atoms with Gasteiger partial charge in [0.15, 0.2) is 0 Å². The van der Waals surface area contributed by atoms with Crippen molar-refractivity contribution in [2.45, 2.75) is 52.4 Å². The molecule has 0 aromatic rings. The lowest BCUT2D eigenvalue weighted by Gasteiger charge is -1.80. The Morgan fingerprint density at radius 3 is 1.92 bits per heavy atom. The van der Waals surface area contributed by atoms with E-state index in [0.29, 0.717) is 5.78 Å². The van der Waals surface area contributed by atoms with Gasteiger partial charge in [0.25, 0.3) is 0 Å². The third-order valence-electron chi connectivity index (χ3n) is 1.76. The van der Waals surface area contributed by atoms with E-state index in [-0.39, 0.29) is 5.78 Å². The third-order valence-corrected chi connectivity index (χ3v) is 1.76. The number of carbonyl (C=O) groups is 2. The fourth-order valence-electron chi connectivity index (χ4n) is 1.12. The molecular weight excluding hydrogens is 152 g/mol. The van der Waals surface area contributed by atoms with Crippen molar-refractivity contribution in [2.75, 3.05) is 0 Å². The third kappa shape index (κ3) is 7.45. The molecule has 1 aliphatic rings. The average molecular weight is 170 g/mol. The molecule has 2 heteroatoms. The number of Topliss-reactive ketones (excluding diaryl/α,β-unsaturated/α-hetero) is 2. The number of hydrogen-bond donors (Lipinski definition) is 0. The molecule has 0 aromatic heterocycles. The van der Waals surface area contributed by atoms with Gasteiger partial charge in [-0.25, -0.2) is 0 Å². The molecule has 1 rings (SSSR count). The van der Waals surface area contributed by atoms with E-state index in [1.165, 1.54) is 0 Å². The molecule has 0 aliphatic heterocycles. The Labute approximate surface area is 74.3 Å². The van der Waals surface area contributed by atoms with Gasteiger partial charge in [-0.3, -0.25) is 4.79 Å². The van der Waals surface area contributed by atoms with Gasteiger partial charge in [-0.1, -0.05) is 6.92 Å². The molecular formula is C10H18O2. The summed E-state index contributed by atoms with van der Waals surface area (Å²) in [7, 11) is 0. The van der Waals surface area contributed by atoms with Crippen molar-refractivity contribution in [3.63, 3.8) is 0 Å². The van der Waals surface area contributed by atoms with Crippen LogP contribution in [0.3, 0.4) is 0 Å². The normalized spacial score (nSPS) is 15.3. The smallest absolute Gasteiger partial charge is 0.132 e. The summed E-state index contributed by atoms with van der Waals surface area (Å²) >= 11 is 0. The van der Waals surface area contributed by atoms with Crippen LogP contribution in [0.5, 0.6) is 0 Å². The summed E-state index contributed by atoms with van der Waals surface area (Å²) in [5, 5.41) is 0. The Morgan fingerprint density at radius 2 is 1.83 bits per heavy atom. The first kappa shape index (κ1) is 11.3. The van der Waals surface area contributed by atoms with E-state index in [1.807, 2.05) is 6.92 Å². The molecule has 1 aliphatic carbocycles. The predicted molar refractivity (Wildman–Crippen MR) is 49.1 cm³/mol. The van der Waals surface area contributed by atoms with Crippen molar-refractivity contribution in [1.82, 2.24) is 0 Å². The summed E-state index contributed by atoms with van der Waals surface area (Å²) in [6, 6.07) is 0. The highest BCUT2D eigenvalue weighted by atomic mass is 16.1. The maximum absolute atomic E-state index is 10.2. The standard InChI is InChI=1S/C5H8O.C5H10O/c6-5-3-1-2-4-5;1-3-4-5(2)6/h1-4H2;3-4H2,1-2H3. The topological polar surface area (TPSA) is 34.1 Å². The van der Waals surface area contributed by atoms with Crippen LogP contribution in [0, 0.1) is 0 Å². The molecule has 0 N–H and O–H groups in total. The lowest BCUT2D eigenvalue weighted by molar-refractivity contribution is -0.118. The zero-order valence-corrected chi connectivity index (χ0v) is 8.06. The molecule has 0 atom stereocenters. The fourth-order valence-corrected chi connectivity index (χ4v) is 1.12. The van der Waals surface area contributed by atoms with Gasteiger partial charge in [0, 0.05) is 19.3 Å². The maximum atomic E-state index is 10.2. The largest absolute Gasteiger partial charge is 0.300 e. The first-order valence-electron chi connectivity index (χ1n) is 4.68. The van der Waals surface area contributed by atoms with Crippen LogP contribution in [0.4, 0.5) is 0 Å². The predicted octanol–water partition coefficient (Wildman–Crippen LogP) is 2.51. The van der Waals surface area contributed by atoms with Crippen LogP contribution in [0.15, 0.2) is 0 Å². The summed E-state index contributed by atoms with van der Waals surface area (Å²) in [4.78, 5) is 20.3. The number of rotatable bonds is 2. The molecule has 0 bridgehead atoms. The minimum absolute atomic E-state index is 0.289. The van der Waals surface area contributed by atoms with Crippen LogP contribution < -0.4 is 0 Å². The molecule has 0 aromatic carbocycles. The van der Waals surface area contributed by atoms with Crippen LogP contribution in [-0.2, 0) is 9.59 Å². The first-order valence-corrected chi connectivity index (χ1v) is 4.68. The summed E-state index contributed by atoms with van der Waals surface area (Å²) in [5.74, 6) is 0.743. The Bertz CT molecular complexity index is 142. The highest BCUT2D eigenvalue weighted by Crippen LogP contribution is 2.11. The van der Waals surface area contributed by atoms with Crippen molar-refractivity contribution in [3.8, 4) is 0 Å². The van der Waals surface area contributed by atoms with E-state index in [1.54, 1.807) is 6.92 Å². The molecule has 1 fully saturated rings. The lowest BCUT2D eigenvalue weighted by atomic mass is 10.3. The Kier molecular flexibility index (Phi) is 6.63. The summed E-state index contributed by atoms with van der Waals surface area (Å²) in [6.07, 6.45) is 5.69. The molecule has 0 heterocycles. The van der Waals surface area contributed by atoms with Gasteiger partial charge in [0.2, 0.25) is 0 Å². The molecule has 70 valence electrons. The molecule has 2 nitrogen and oxygen atoms in total. The monoisotopic (exact) mass is 170 g/mol. The van der Waals surface area contributed by atoms with Crippen LogP contribution in [-0.4, -0.2) is 11.6 Å². The van der Waals surface area contributed by atoms with Crippen LogP contribution >= 0.6 is 0 Å². The number of ketones is 2. The van der Waals surface area contributed by atoms with Crippen LogP contribution in [0.25, 0.3) is 0 Å². The van der Waals surface area contributed by atoms with Gasteiger partial charge < -0.3 is 4.79 Å². The van der Waals surface area contributed by atoms with Gasteiger partial charge >= 0.3 is 0 Å². The second-order valence-corrected chi connectivity index (χ2v) is 3.20. The number of carbonyl (C=O) groups excluding carboxylic acids is 2. The second-order valence-electron chi connectivity index (χ2n) is 3.20. The highest BCUT2D eigenvalue weighted by molar-refractivity contribution is 5.80. The molecule has 0 spiro atoms. The quantitative estimate of drug-likeness (QED) is 0.638. The van der Waals surface area contributed by atoms with Crippen LogP contribution in [0.1, 0.15) is 52.4 Å². The molecule has 0 radical (unpaired) electrons. The molecule has 0 amide bonds. The highest BCUT2D eigenvalue weighted by Gasteiger charge is 2.07. The summed E-state index contributed by atoms with van der Waals surface area (Å²) in [5.41, 5.74) is 0. The van der Waals surface area contributed by atoms with E-state index in [4.69, 9.17) is 0 Å². The first-order chi connectivity index (χ1) is 5.66. The van der Waals surface area contributed by atoms with Gasteiger partial charge in [-0.2, -0.15) is 0 Å².